The third-order valence-corrected chi connectivity index (χ3v) is 3.26. The Kier molecular flexibility index (Phi) is 3.79. The fourth-order valence-electron chi connectivity index (χ4n) is 2.26. The summed E-state index contributed by atoms with van der Waals surface area (Å²) in [7, 11) is 0. The average molecular weight is 215 g/mol. The Labute approximate surface area is 98.6 Å². The van der Waals surface area contributed by atoms with E-state index in [-0.39, 0.29) is 0 Å². The van der Waals surface area contributed by atoms with E-state index in [1.807, 2.05) is 0 Å². The summed E-state index contributed by atoms with van der Waals surface area (Å²) in [4.78, 5) is 0. The van der Waals surface area contributed by atoms with Gasteiger partial charge in [0.1, 0.15) is 0 Å². The Bertz CT molecular complexity index is 347. The van der Waals surface area contributed by atoms with Crippen LogP contribution >= 0.6 is 0 Å². The molecule has 1 aromatic rings. The number of rotatable bonds is 4. The molecule has 0 aromatic heterocycles. The van der Waals surface area contributed by atoms with Gasteiger partial charge in [0.25, 0.3) is 0 Å². The van der Waals surface area contributed by atoms with Crippen molar-refractivity contribution in [1.29, 1.82) is 0 Å². The van der Waals surface area contributed by atoms with E-state index in [9.17, 15) is 0 Å². The molecular formula is C15H21N. The van der Waals surface area contributed by atoms with Gasteiger partial charge in [-0.15, -0.1) is 0 Å². The minimum atomic E-state index is 0.758. The van der Waals surface area contributed by atoms with Crippen molar-refractivity contribution in [3.8, 4) is 0 Å². The summed E-state index contributed by atoms with van der Waals surface area (Å²) in [6.45, 7) is 5.54. The van der Waals surface area contributed by atoms with Gasteiger partial charge in [-0.05, 0) is 31.2 Å². The second kappa shape index (κ2) is 5.31. The molecule has 1 heteroatoms. The molecule has 0 heterocycles. The van der Waals surface area contributed by atoms with E-state index in [1.54, 1.807) is 0 Å². The van der Waals surface area contributed by atoms with Crippen LogP contribution in [0.15, 0.2) is 35.9 Å². The summed E-state index contributed by atoms with van der Waals surface area (Å²) in [6.07, 6.45) is 4.95. The lowest BCUT2D eigenvalue weighted by Gasteiger charge is -2.33. The van der Waals surface area contributed by atoms with Crippen molar-refractivity contribution < 1.29 is 0 Å². The molecule has 0 saturated heterocycles. The smallest absolute Gasteiger partial charge is 0.0167 e. The van der Waals surface area contributed by atoms with Crippen LogP contribution in [0.3, 0.4) is 0 Å². The van der Waals surface area contributed by atoms with Crippen LogP contribution in [0.2, 0.25) is 0 Å². The normalized spacial score (nSPS) is 25.2. The zero-order valence-electron chi connectivity index (χ0n) is 10.2. The highest BCUT2D eigenvalue weighted by atomic mass is 14.9. The van der Waals surface area contributed by atoms with Gasteiger partial charge in [0.15, 0.2) is 0 Å². The number of hydrogen-bond donors (Lipinski definition) is 1. The molecule has 0 radical (unpaired) electrons. The predicted octanol–water partition coefficient (Wildman–Crippen LogP) is 3.48. The Hall–Kier alpha value is -1.08. The van der Waals surface area contributed by atoms with Crippen molar-refractivity contribution in [2.24, 2.45) is 5.92 Å². The van der Waals surface area contributed by atoms with Gasteiger partial charge in [-0.1, -0.05) is 48.9 Å². The third kappa shape index (κ3) is 3.21. The summed E-state index contributed by atoms with van der Waals surface area (Å²) < 4.78 is 0. The van der Waals surface area contributed by atoms with Crippen molar-refractivity contribution in [2.45, 2.75) is 32.7 Å². The fraction of sp³-hybridized carbons (Fsp3) is 0.467. The van der Waals surface area contributed by atoms with Crippen LogP contribution in [0.1, 0.15) is 32.3 Å². The van der Waals surface area contributed by atoms with Crippen LogP contribution in [0.25, 0.3) is 6.08 Å². The molecule has 1 aliphatic carbocycles. The molecular weight excluding hydrogens is 194 g/mol. The molecule has 1 nitrogen and oxygen atoms in total. The minimum Gasteiger partial charge on any atom is -0.310 e. The van der Waals surface area contributed by atoms with E-state index in [0.29, 0.717) is 0 Å². The highest BCUT2D eigenvalue weighted by Gasteiger charge is 2.24. The molecule has 1 fully saturated rings. The molecule has 2 rings (SSSR count). The van der Waals surface area contributed by atoms with Crippen LogP contribution in [0, 0.1) is 5.92 Å². The summed E-state index contributed by atoms with van der Waals surface area (Å²) in [6, 6.07) is 11.3. The monoisotopic (exact) mass is 215 g/mol. The maximum absolute atomic E-state index is 3.60. The van der Waals surface area contributed by atoms with E-state index >= 15 is 0 Å². The molecule has 0 spiro atoms. The van der Waals surface area contributed by atoms with Gasteiger partial charge in [-0.25, -0.2) is 0 Å². The van der Waals surface area contributed by atoms with E-state index in [0.717, 1.165) is 18.5 Å². The summed E-state index contributed by atoms with van der Waals surface area (Å²) in [5.74, 6) is 0.927. The van der Waals surface area contributed by atoms with Crippen molar-refractivity contribution in [3.63, 3.8) is 0 Å². The third-order valence-electron chi connectivity index (χ3n) is 3.26. The van der Waals surface area contributed by atoms with Crippen molar-refractivity contribution in [3.05, 3.63) is 41.5 Å². The van der Waals surface area contributed by atoms with Crippen LogP contribution < -0.4 is 5.32 Å². The van der Waals surface area contributed by atoms with Gasteiger partial charge >= 0.3 is 0 Å². The molecule has 1 aliphatic rings. The molecule has 0 bridgehead atoms. The largest absolute Gasteiger partial charge is 0.310 e. The number of benzene rings is 1. The number of nitrogens with one attached hydrogen (secondary N) is 1. The molecule has 0 unspecified atom stereocenters. The molecule has 1 aromatic carbocycles. The van der Waals surface area contributed by atoms with E-state index in [1.165, 1.54) is 24.0 Å². The van der Waals surface area contributed by atoms with Crippen LogP contribution in [0.5, 0.6) is 0 Å². The predicted molar refractivity (Wildman–Crippen MR) is 70.3 cm³/mol. The van der Waals surface area contributed by atoms with Crippen LogP contribution in [-0.2, 0) is 0 Å². The molecule has 1 N–H and O–H groups in total. The molecule has 86 valence electrons. The van der Waals surface area contributed by atoms with Gasteiger partial charge in [-0.2, -0.15) is 0 Å². The van der Waals surface area contributed by atoms with Crippen molar-refractivity contribution in [1.82, 2.24) is 5.32 Å². The summed E-state index contributed by atoms with van der Waals surface area (Å²) in [5.41, 5.74) is 2.70. The first-order chi connectivity index (χ1) is 7.74. The van der Waals surface area contributed by atoms with Crippen molar-refractivity contribution in [2.75, 3.05) is 6.54 Å². The first-order valence-corrected chi connectivity index (χ1v) is 6.19. The van der Waals surface area contributed by atoms with Gasteiger partial charge in [0.2, 0.25) is 0 Å². The van der Waals surface area contributed by atoms with Gasteiger partial charge in [0, 0.05) is 12.6 Å². The topological polar surface area (TPSA) is 12.0 Å². The summed E-state index contributed by atoms with van der Waals surface area (Å²) >= 11 is 0. The molecule has 16 heavy (non-hydrogen) atoms. The van der Waals surface area contributed by atoms with Crippen LogP contribution in [0.4, 0.5) is 0 Å². The maximum Gasteiger partial charge on any atom is 0.0167 e. The Morgan fingerprint density at radius 2 is 2.00 bits per heavy atom. The summed E-state index contributed by atoms with van der Waals surface area (Å²) in [5, 5.41) is 3.60. The van der Waals surface area contributed by atoms with Gasteiger partial charge in [0.05, 0.1) is 0 Å². The zero-order chi connectivity index (χ0) is 11.4. The Morgan fingerprint density at radius 3 is 2.62 bits per heavy atom. The van der Waals surface area contributed by atoms with E-state index < -0.39 is 0 Å². The molecule has 0 amide bonds. The first kappa shape index (κ1) is 11.4. The van der Waals surface area contributed by atoms with Gasteiger partial charge in [-0.3, -0.25) is 0 Å². The maximum atomic E-state index is 3.60. The lowest BCUT2D eigenvalue weighted by atomic mass is 9.82. The lowest BCUT2D eigenvalue weighted by Crippen LogP contribution is -2.40. The molecule has 1 saturated carbocycles. The number of hydrogen-bond acceptors (Lipinski definition) is 1. The molecule has 0 atom stereocenters. The lowest BCUT2D eigenvalue weighted by molar-refractivity contribution is 0.247. The minimum absolute atomic E-state index is 0.758. The zero-order valence-corrected chi connectivity index (χ0v) is 10.2. The van der Waals surface area contributed by atoms with Crippen LogP contribution in [-0.4, -0.2) is 12.6 Å². The Morgan fingerprint density at radius 1 is 1.31 bits per heavy atom. The second-order valence-corrected chi connectivity index (χ2v) is 5.06. The van der Waals surface area contributed by atoms with E-state index in [2.05, 4.69) is 55.6 Å². The van der Waals surface area contributed by atoms with E-state index in [4.69, 9.17) is 0 Å². The Balaban J connectivity index is 1.79. The van der Waals surface area contributed by atoms with Crippen molar-refractivity contribution >= 4 is 6.08 Å². The van der Waals surface area contributed by atoms with Gasteiger partial charge < -0.3 is 5.32 Å². The second-order valence-electron chi connectivity index (χ2n) is 5.06. The molecule has 0 aliphatic heterocycles. The first-order valence-electron chi connectivity index (χ1n) is 6.19. The highest BCUT2D eigenvalue weighted by Crippen LogP contribution is 2.26. The standard InChI is InChI=1S/C15H21N/c1-12-9-15(10-12)16-11-13(2)8-14-6-4-3-5-7-14/h3-8,12,15-16H,9-11H2,1-2H3/b13-8+. The average Bonchev–Trinajstić information content (AvgIpc) is 2.24. The quantitative estimate of drug-likeness (QED) is 0.811. The SMILES string of the molecule is C/C(=C\c1ccccc1)CNC1CC(C)C1. The highest BCUT2D eigenvalue weighted by molar-refractivity contribution is 5.52. The fourth-order valence-corrected chi connectivity index (χ4v) is 2.26.